The predicted octanol–water partition coefficient (Wildman–Crippen LogP) is 3.64. The lowest BCUT2D eigenvalue weighted by molar-refractivity contribution is 0.361. The lowest BCUT2D eigenvalue weighted by atomic mass is 10.2. The van der Waals surface area contributed by atoms with Gasteiger partial charge in [0.2, 0.25) is 0 Å². The second kappa shape index (κ2) is 5.21. The zero-order valence-electron chi connectivity index (χ0n) is 9.02. The molecule has 0 saturated carbocycles. The topological polar surface area (TPSA) is 21.3 Å². The molecular weight excluding hydrogens is 198 g/mol. The minimum absolute atomic E-state index is 0.439. The molecule has 81 valence electrons. The van der Waals surface area contributed by atoms with Crippen LogP contribution in [0.25, 0.3) is 0 Å². The maximum atomic E-state index is 5.33. The van der Waals surface area contributed by atoms with Crippen LogP contribution in [-0.2, 0) is 0 Å². The van der Waals surface area contributed by atoms with E-state index < -0.39 is 0 Å². The Labute approximate surface area is 95.9 Å². The molecule has 0 atom stereocenters. The van der Waals surface area contributed by atoms with Crippen LogP contribution >= 0.6 is 0 Å². The van der Waals surface area contributed by atoms with Crippen molar-refractivity contribution >= 4 is 11.4 Å². The zero-order chi connectivity index (χ0) is 11.2. The molecule has 0 aromatic heterocycles. The molecule has 16 heavy (non-hydrogen) atoms. The highest BCUT2D eigenvalue weighted by molar-refractivity contribution is 5.60. The summed E-state index contributed by atoms with van der Waals surface area (Å²) in [4.78, 5) is 0. The summed E-state index contributed by atoms with van der Waals surface area (Å²) in [5, 5.41) is 3.30. The number of nitrogens with one attached hydrogen (secondary N) is 1. The predicted molar refractivity (Wildman–Crippen MR) is 67.0 cm³/mol. The molecule has 0 bridgehead atoms. The second-order valence-electron chi connectivity index (χ2n) is 3.37. The van der Waals surface area contributed by atoms with Gasteiger partial charge < -0.3 is 10.1 Å². The lowest BCUT2D eigenvalue weighted by Gasteiger charge is -2.08. The van der Waals surface area contributed by atoms with Crippen molar-refractivity contribution in [2.45, 2.75) is 0 Å². The average molecular weight is 212 g/mol. The number of rotatable bonds is 4. The molecule has 0 aliphatic carbocycles. The largest absolute Gasteiger partial charge is 0.494 e. The fourth-order valence-corrected chi connectivity index (χ4v) is 1.47. The summed E-state index contributed by atoms with van der Waals surface area (Å²) in [5.74, 6) is 0.830. The Morgan fingerprint density at radius 1 is 0.938 bits per heavy atom. The number of ether oxygens (including phenoxy) is 1. The van der Waals surface area contributed by atoms with Gasteiger partial charge in [0.05, 0.1) is 6.61 Å². The molecule has 0 heterocycles. The van der Waals surface area contributed by atoms with Crippen molar-refractivity contribution in [1.82, 2.24) is 0 Å². The monoisotopic (exact) mass is 212 g/mol. The van der Waals surface area contributed by atoms with Crippen LogP contribution in [0.15, 0.2) is 54.6 Å². The van der Waals surface area contributed by atoms with E-state index in [4.69, 9.17) is 4.74 Å². The smallest absolute Gasteiger partial charge is 0.121 e. The Hall–Kier alpha value is -1.96. The van der Waals surface area contributed by atoms with E-state index in [1.54, 1.807) is 0 Å². The van der Waals surface area contributed by atoms with Gasteiger partial charge in [-0.25, -0.2) is 0 Å². The van der Waals surface area contributed by atoms with E-state index in [2.05, 4.69) is 12.2 Å². The number of hydrogen-bond acceptors (Lipinski definition) is 2. The highest BCUT2D eigenvalue weighted by Crippen LogP contribution is 2.21. The first-order chi connectivity index (χ1) is 7.88. The molecule has 1 radical (unpaired) electrons. The van der Waals surface area contributed by atoms with Crippen molar-refractivity contribution in [2.75, 3.05) is 11.9 Å². The fourth-order valence-electron chi connectivity index (χ4n) is 1.47. The van der Waals surface area contributed by atoms with E-state index in [1.165, 1.54) is 0 Å². The van der Waals surface area contributed by atoms with E-state index in [1.807, 2.05) is 54.6 Å². The first-order valence-electron chi connectivity index (χ1n) is 5.22. The summed E-state index contributed by atoms with van der Waals surface area (Å²) in [7, 11) is 0. The minimum Gasteiger partial charge on any atom is -0.494 e. The third-order valence-corrected chi connectivity index (χ3v) is 2.17. The molecule has 0 amide bonds. The van der Waals surface area contributed by atoms with Gasteiger partial charge in [-0.05, 0) is 31.2 Å². The summed E-state index contributed by atoms with van der Waals surface area (Å²) in [6.07, 6.45) is 0. The van der Waals surface area contributed by atoms with Crippen LogP contribution in [0.4, 0.5) is 11.4 Å². The Bertz CT molecular complexity index is 439. The standard InChI is InChI=1S/C14H14NO/c1-2-16-14-10-6-9-13(11-14)15-12-7-4-3-5-8-12/h3-11,15H,1-2H2. The molecule has 0 fully saturated rings. The Morgan fingerprint density at radius 2 is 1.69 bits per heavy atom. The van der Waals surface area contributed by atoms with Crippen LogP contribution < -0.4 is 10.1 Å². The Kier molecular flexibility index (Phi) is 3.44. The quantitative estimate of drug-likeness (QED) is 0.835. The maximum Gasteiger partial charge on any atom is 0.121 e. The molecule has 0 spiro atoms. The summed E-state index contributed by atoms with van der Waals surface area (Å²) < 4.78 is 5.33. The summed E-state index contributed by atoms with van der Waals surface area (Å²) in [6, 6.07) is 17.9. The summed E-state index contributed by atoms with van der Waals surface area (Å²) in [5.41, 5.74) is 2.08. The highest BCUT2D eigenvalue weighted by Gasteiger charge is 1.96. The summed E-state index contributed by atoms with van der Waals surface area (Å²) >= 11 is 0. The third-order valence-electron chi connectivity index (χ3n) is 2.17. The van der Waals surface area contributed by atoms with E-state index >= 15 is 0 Å². The van der Waals surface area contributed by atoms with E-state index in [0.717, 1.165) is 17.1 Å². The summed E-state index contributed by atoms with van der Waals surface area (Å²) in [6.45, 7) is 4.09. The molecule has 0 aliphatic heterocycles. The van der Waals surface area contributed by atoms with Crippen molar-refractivity contribution in [1.29, 1.82) is 0 Å². The average Bonchev–Trinajstić information content (AvgIpc) is 2.31. The minimum atomic E-state index is 0.439. The van der Waals surface area contributed by atoms with Gasteiger partial charge in [0.15, 0.2) is 0 Å². The lowest BCUT2D eigenvalue weighted by Crippen LogP contribution is -1.93. The van der Waals surface area contributed by atoms with E-state index in [-0.39, 0.29) is 0 Å². The van der Waals surface area contributed by atoms with Crippen LogP contribution in [0.1, 0.15) is 0 Å². The van der Waals surface area contributed by atoms with Gasteiger partial charge in [-0.1, -0.05) is 24.3 Å². The van der Waals surface area contributed by atoms with E-state index in [9.17, 15) is 0 Å². The number of anilines is 2. The number of para-hydroxylation sites is 1. The third kappa shape index (κ3) is 2.76. The zero-order valence-corrected chi connectivity index (χ0v) is 9.02. The van der Waals surface area contributed by atoms with Crippen LogP contribution in [0, 0.1) is 6.92 Å². The molecule has 2 nitrogen and oxygen atoms in total. The molecule has 2 aromatic carbocycles. The number of hydrogen-bond donors (Lipinski definition) is 1. The van der Waals surface area contributed by atoms with Gasteiger partial charge in [0.25, 0.3) is 0 Å². The van der Waals surface area contributed by atoms with Gasteiger partial charge in [0.1, 0.15) is 5.75 Å². The van der Waals surface area contributed by atoms with Crippen LogP contribution in [-0.4, -0.2) is 6.61 Å². The SMILES string of the molecule is [CH2]COc1cccc(Nc2ccccc2)c1. The normalized spacial score (nSPS) is 9.81. The fraction of sp³-hybridized carbons (Fsp3) is 0.0714. The van der Waals surface area contributed by atoms with Crippen LogP contribution in [0.5, 0.6) is 5.75 Å². The first kappa shape index (κ1) is 10.6. The molecular formula is C14H14NO. The van der Waals surface area contributed by atoms with Crippen LogP contribution in [0.3, 0.4) is 0 Å². The van der Waals surface area contributed by atoms with Gasteiger partial charge in [-0.2, -0.15) is 0 Å². The van der Waals surface area contributed by atoms with Crippen LogP contribution in [0.2, 0.25) is 0 Å². The van der Waals surface area contributed by atoms with Crippen molar-refractivity contribution in [3.63, 3.8) is 0 Å². The van der Waals surface area contributed by atoms with Gasteiger partial charge in [0, 0.05) is 17.4 Å². The molecule has 0 unspecified atom stereocenters. The Balaban J connectivity index is 2.12. The molecule has 2 aromatic rings. The molecule has 1 N–H and O–H groups in total. The highest BCUT2D eigenvalue weighted by atomic mass is 16.5. The van der Waals surface area contributed by atoms with Crippen molar-refractivity contribution in [3.05, 3.63) is 61.5 Å². The van der Waals surface area contributed by atoms with Crippen molar-refractivity contribution in [2.24, 2.45) is 0 Å². The van der Waals surface area contributed by atoms with Gasteiger partial charge in [-0.15, -0.1) is 0 Å². The number of benzene rings is 2. The maximum absolute atomic E-state index is 5.33. The molecule has 2 heteroatoms. The first-order valence-corrected chi connectivity index (χ1v) is 5.22. The van der Waals surface area contributed by atoms with Gasteiger partial charge in [-0.3, -0.25) is 0 Å². The van der Waals surface area contributed by atoms with Gasteiger partial charge >= 0.3 is 0 Å². The molecule has 2 rings (SSSR count). The Morgan fingerprint density at radius 3 is 2.44 bits per heavy atom. The van der Waals surface area contributed by atoms with E-state index in [0.29, 0.717) is 6.61 Å². The molecule has 0 saturated heterocycles. The van der Waals surface area contributed by atoms with Crippen molar-refractivity contribution in [3.8, 4) is 5.75 Å². The second-order valence-corrected chi connectivity index (χ2v) is 3.37. The molecule has 0 aliphatic rings. The van der Waals surface area contributed by atoms with Crippen molar-refractivity contribution < 1.29 is 4.74 Å².